The summed E-state index contributed by atoms with van der Waals surface area (Å²) in [5.41, 5.74) is 3.44. The molecule has 1 aromatic carbocycles. The number of amides is 1. The van der Waals surface area contributed by atoms with Gasteiger partial charge >= 0.3 is 6.09 Å². The van der Waals surface area contributed by atoms with Crippen LogP contribution in [0.5, 0.6) is 0 Å². The van der Waals surface area contributed by atoms with Crippen LogP contribution in [0.3, 0.4) is 0 Å². The zero-order chi connectivity index (χ0) is 14.8. The third kappa shape index (κ3) is 4.33. The van der Waals surface area contributed by atoms with Crippen molar-refractivity contribution in [3.05, 3.63) is 35.6 Å². The molecule has 1 aromatic rings. The van der Waals surface area contributed by atoms with Crippen LogP contribution in [-0.4, -0.2) is 17.4 Å². The topological polar surface area (TPSA) is 50.7 Å². The van der Waals surface area contributed by atoms with Crippen molar-refractivity contribution in [1.82, 2.24) is 5.43 Å². The van der Waals surface area contributed by atoms with Gasteiger partial charge in [0.1, 0.15) is 11.4 Å². The van der Waals surface area contributed by atoms with Crippen molar-refractivity contribution in [2.24, 2.45) is 11.0 Å². The molecule has 0 radical (unpaired) electrons. The highest BCUT2D eigenvalue weighted by molar-refractivity contribution is 6.03. The third-order valence-corrected chi connectivity index (χ3v) is 2.77. The van der Waals surface area contributed by atoms with Crippen LogP contribution < -0.4 is 5.43 Å². The normalized spacial score (nSPS) is 15.9. The van der Waals surface area contributed by atoms with E-state index in [1.807, 2.05) is 0 Å². The maximum Gasteiger partial charge on any atom is 0.428 e. The maximum absolute atomic E-state index is 12.9. The van der Waals surface area contributed by atoms with Crippen molar-refractivity contribution in [3.8, 4) is 0 Å². The number of ether oxygens (including phenoxy) is 1. The molecule has 1 aliphatic carbocycles. The molecule has 0 aromatic heterocycles. The van der Waals surface area contributed by atoms with Gasteiger partial charge in [-0.15, -0.1) is 0 Å². The molecule has 0 saturated heterocycles. The smallest absolute Gasteiger partial charge is 0.428 e. The van der Waals surface area contributed by atoms with Gasteiger partial charge in [-0.3, -0.25) is 0 Å². The van der Waals surface area contributed by atoms with E-state index in [2.05, 4.69) is 10.5 Å². The van der Waals surface area contributed by atoms with E-state index < -0.39 is 11.7 Å². The number of halogens is 1. The second kappa shape index (κ2) is 5.61. The van der Waals surface area contributed by atoms with Crippen LogP contribution >= 0.6 is 0 Å². The molecule has 0 aliphatic heterocycles. The molecule has 5 heteroatoms. The molecule has 1 saturated carbocycles. The highest BCUT2D eigenvalue weighted by atomic mass is 19.1. The Morgan fingerprint density at radius 1 is 1.30 bits per heavy atom. The number of hydrogen-bond donors (Lipinski definition) is 1. The zero-order valence-corrected chi connectivity index (χ0v) is 11.9. The van der Waals surface area contributed by atoms with Crippen molar-refractivity contribution in [3.63, 3.8) is 0 Å². The molecule has 1 aliphatic rings. The Labute approximate surface area is 118 Å². The predicted molar refractivity (Wildman–Crippen MR) is 75.0 cm³/mol. The van der Waals surface area contributed by atoms with E-state index in [1.165, 1.54) is 12.1 Å². The molecule has 0 spiro atoms. The highest BCUT2D eigenvalue weighted by Crippen LogP contribution is 2.33. The summed E-state index contributed by atoms with van der Waals surface area (Å²) in [6, 6.07) is 6.12. The molecule has 1 N–H and O–H groups in total. The van der Waals surface area contributed by atoms with Crippen LogP contribution in [0.4, 0.5) is 9.18 Å². The summed E-state index contributed by atoms with van der Waals surface area (Å²) >= 11 is 0. The number of hydrazone groups is 1. The van der Waals surface area contributed by atoms with Crippen LogP contribution in [0.2, 0.25) is 0 Å². The van der Waals surface area contributed by atoms with E-state index in [1.54, 1.807) is 32.9 Å². The van der Waals surface area contributed by atoms with Crippen molar-refractivity contribution in [2.45, 2.75) is 39.2 Å². The summed E-state index contributed by atoms with van der Waals surface area (Å²) in [7, 11) is 0. The standard InChI is InChI=1S/C15H19FN2O2/c1-15(2,3)20-14(19)18-17-13(10-4-5-10)11-6-8-12(16)9-7-11/h6-10H,4-5H2,1-3H3,(H,18,19)/b17-13+. The number of rotatable bonds is 3. The lowest BCUT2D eigenvalue weighted by Crippen LogP contribution is -2.30. The molecule has 0 unspecified atom stereocenters. The van der Waals surface area contributed by atoms with E-state index in [4.69, 9.17) is 4.74 Å². The van der Waals surface area contributed by atoms with Gasteiger partial charge in [0, 0.05) is 5.92 Å². The highest BCUT2D eigenvalue weighted by Gasteiger charge is 2.29. The molecular weight excluding hydrogens is 259 g/mol. The van der Waals surface area contributed by atoms with E-state index in [0.717, 1.165) is 24.1 Å². The van der Waals surface area contributed by atoms with Crippen molar-refractivity contribution in [1.29, 1.82) is 0 Å². The summed E-state index contributed by atoms with van der Waals surface area (Å²) in [6.07, 6.45) is 1.48. The first-order valence-electron chi connectivity index (χ1n) is 6.68. The van der Waals surface area contributed by atoms with Crippen molar-refractivity contribution < 1.29 is 13.9 Å². The second-order valence-electron chi connectivity index (χ2n) is 5.89. The number of carbonyl (C=O) groups excluding carboxylic acids is 1. The Hall–Kier alpha value is -1.91. The first kappa shape index (κ1) is 14.5. The van der Waals surface area contributed by atoms with Crippen LogP contribution in [0.1, 0.15) is 39.2 Å². The van der Waals surface area contributed by atoms with Crippen molar-refractivity contribution in [2.75, 3.05) is 0 Å². The Balaban J connectivity index is 2.07. The molecule has 0 atom stereocenters. The summed E-state index contributed by atoms with van der Waals surface area (Å²) in [4.78, 5) is 11.6. The van der Waals surface area contributed by atoms with E-state index in [-0.39, 0.29) is 5.82 Å². The SMILES string of the molecule is CC(C)(C)OC(=O)N/N=C(/c1ccc(F)cc1)C1CC1. The predicted octanol–water partition coefficient (Wildman–Crippen LogP) is 3.46. The molecule has 0 heterocycles. The number of carbonyl (C=O) groups is 1. The summed E-state index contributed by atoms with van der Waals surface area (Å²) < 4.78 is 18.1. The van der Waals surface area contributed by atoms with Gasteiger partial charge in [-0.1, -0.05) is 12.1 Å². The molecule has 20 heavy (non-hydrogen) atoms. The monoisotopic (exact) mass is 278 g/mol. The van der Waals surface area contributed by atoms with Crippen LogP contribution in [0.25, 0.3) is 0 Å². The molecule has 1 amide bonds. The average Bonchev–Trinajstić information content (AvgIpc) is 3.13. The van der Waals surface area contributed by atoms with Gasteiger partial charge in [0.2, 0.25) is 0 Å². The Kier molecular flexibility index (Phi) is 4.06. The first-order valence-corrected chi connectivity index (χ1v) is 6.68. The van der Waals surface area contributed by atoms with Crippen molar-refractivity contribution >= 4 is 11.8 Å². The Morgan fingerprint density at radius 2 is 1.90 bits per heavy atom. The van der Waals surface area contributed by atoms with Crippen LogP contribution in [0, 0.1) is 11.7 Å². The number of nitrogens with zero attached hydrogens (tertiary/aromatic N) is 1. The number of hydrogen-bond acceptors (Lipinski definition) is 3. The van der Waals surface area contributed by atoms with E-state index in [9.17, 15) is 9.18 Å². The fourth-order valence-corrected chi connectivity index (χ4v) is 1.78. The van der Waals surface area contributed by atoms with E-state index >= 15 is 0 Å². The largest absolute Gasteiger partial charge is 0.443 e. The quantitative estimate of drug-likeness (QED) is 0.680. The molecule has 108 valence electrons. The number of benzene rings is 1. The minimum absolute atomic E-state index is 0.288. The summed E-state index contributed by atoms with van der Waals surface area (Å²) in [5.74, 6) is 0.0411. The molecule has 1 fully saturated rings. The van der Waals surface area contributed by atoms with Gasteiger partial charge in [-0.25, -0.2) is 14.6 Å². The lowest BCUT2D eigenvalue weighted by molar-refractivity contribution is 0.0529. The second-order valence-corrected chi connectivity index (χ2v) is 5.89. The van der Waals surface area contributed by atoms with Gasteiger partial charge in [-0.05, 0) is 51.3 Å². The average molecular weight is 278 g/mol. The summed E-state index contributed by atoms with van der Waals surface area (Å²) in [5, 5.41) is 4.14. The molecule has 4 nitrogen and oxygen atoms in total. The Bertz CT molecular complexity index is 514. The number of nitrogens with one attached hydrogen (secondary N) is 1. The molecular formula is C15H19FN2O2. The molecule has 0 bridgehead atoms. The fourth-order valence-electron chi connectivity index (χ4n) is 1.78. The first-order chi connectivity index (χ1) is 9.35. The van der Waals surface area contributed by atoms with Crippen LogP contribution in [-0.2, 0) is 4.74 Å². The minimum Gasteiger partial charge on any atom is -0.443 e. The van der Waals surface area contributed by atoms with E-state index in [0.29, 0.717) is 5.92 Å². The van der Waals surface area contributed by atoms with Gasteiger partial charge in [0.25, 0.3) is 0 Å². The zero-order valence-electron chi connectivity index (χ0n) is 11.9. The maximum atomic E-state index is 12.9. The minimum atomic E-state index is -0.585. The van der Waals surface area contributed by atoms with Gasteiger partial charge in [0.05, 0.1) is 5.71 Å². The lowest BCUT2D eigenvalue weighted by atomic mass is 10.1. The molecule has 2 rings (SSSR count). The van der Waals surface area contributed by atoms with Crippen LogP contribution in [0.15, 0.2) is 29.4 Å². The Morgan fingerprint density at radius 3 is 2.40 bits per heavy atom. The lowest BCUT2D eigenvalue weighted by Gasteiger charge is -2.18. The van der Waals surface area contributed by atoms with Gasteiger partial charge < -0.3 is 4.74 Å². The van der Waals surface area contributed by atoms with Gasteiger partial charge in [0.15, 0.2) is 0 Å². The van der Waals surface area contributed by atoms with Gasteiger partial charge in [-0.2, -0.15) is 5.10 Å². The fraction of sp³-hybridized carbons (Fsp3) is 0.467. The summed E-state index contributed by atoms with van der Waals surface area (Å²) in [6.45, 7) is 5.37. The third-order valence-electron chi connectivity index (χ3n) is 2.77.